The zero-order valence-electron chi connectivity index (χ0n) is 26.3. The fraction of sp³-hybridized carbons (Fsp3) is 0. The molecule has 10 rings (SSSR count). The molecule has 0 radical (unpaired) electrons. The van der Waals surface area contributed by atoms with Crippen LogP contribution in [0.2, 0.25) is 0 Å². The van der Waals surface area contributed by atoms with Crippen molar-refractivity contribution >= 4 is 32.6 Å². The predicted octanol–water partition coefficient (Wildman–Crippen LogP) is 11.2. The van der Waals surface area contributed by atoms with Gasteiger partial charge in [0.1, 0.15) is 0 Å². The van der Waals surface area contributed by atoms with Crippen LogP contribution in [0.3, 0.4) is 0 Å². The molecule has 1 aliphatic rings. The van der Waals surface area contributed by atoms with Crippen LogP contribution < -0.4 is 0 Å². The van der Waals surface area contributed by atoms with E-state index >= 15 is 0 Å². The van der Waals surface area contributed by atoms with Crippen molar-refractivity contribution in [3.63, 3.8) is 0 Å². The largest absolute Gasteiger partial charge is 0.358 e. The van der Waals surface area contributed by atoms with Gasteiger partial charge in [-0.1, -0.05) is 133 Å². The van der Waals surface area contributed by atoms with Crippen LogP contribution in [0.15, 0.2) is 158 Å². The molecule has 0 saturated heterocycles. The van der Waals surface area contributed by atoms with Gasteiger partial charge in [-0.15, -0.1) is 0 Å². The number of hydrogen-bond acceptors (Lipinski definition) is 3. The molecule has 0 bridgehead atoms. The quantitative estimate of drug-likeness (QED) is 0.186. The lowest BCUT2D eigenvalue weighted by Crippen LogP contribution is -2.03. The molecule has 1 aliphatic carbocycles. The van der Waals surface area contributed by atoms with Crippen molar-refractivity contribution in [3.8, 4) is 62.1 Å². The van der Waals surface area contributed by atoms with E-state index in [0.717, 1.165) is 33.4 Å². The average molecular weight is 614 g/mol. The first-order chi connectivity index (χ1) is 23.3. The van der Waals surface area contributed by atoms with Crippen molar-refractivity contribution in [2.75, 3.05) is 0 Å². The molecule has 4 nitrogen and oxygen atoms in total. The third-order valence-corrected chi connectivity index (χ3v) is 9.39. The summed E-state index contributed by atoms with van der Waals surface area (Å²) in [5, 5.41) is 5.08. The first-order valence-electron chi connectivity index (χ1n) is 15.9. The Hall–Kier alpha value is -6.39. The lowest BCUT2D eigenvalue weighted by molar-refractivity contribution is 1.06. The molecular formula is C44H29N4-. The molecule has 226 valence electrons. The molecule has 0 atom stereocenters. The summed E-state index contributed by atoms with van der Waals surface area (Å²) in [6.45, 7) is 0. The molecule has 48 heavy (non-hydrogen) atoms. The Balaban J connectivity index is 0.00000314. The van der Waals surface area contributed by atoms with E-state index in [1.54, 1.807) is 0 Å². The SMILES string of the molecule is [CH3-].c1ccc(-c2nc(-c3ccccc3)nc(-c3ccccc3-n3c4cccc5c4c4c6c(cccc6ccc43)-c3ccccc3-5)n2)cc1. The molecule has 4 heteroatoms. The summed E-state index contributed by atoms with van der Waals surface area (Å²) in [4.78, 5) is 15.2. The van der Waals surface area contributed by atoms with Gasteiger partial charge in [0.25, 0.3) is 0 Å². The second-order valence-electron chi connectivity index (χ2n) is 12.0. The maximum absolute atomic E-state index is 5.12. The summed E-state index contributed by atoms with van der Waals surface area (Å²) in [6.07, 6.45) is 0. The minimum atomic E-state index is 0. The Morgan fingerprint density at radius 1 is 0.333 bits per heavy atom. The number of rotatable bonds is 4. The van der Waals surface area contributed by atoms with Gasteiger partial charge in [0.15, 0.2) is 17.5 Å². The topological polar surface area (TPSA) is 43.6 Å². The van der Waals surface area contributed by atoms with Crippen molar-refractivity contribution in [3.05, 3.63) is 165 Å². The molecule has 7 aromatic carbocycles. The van der Waals surface area contributed by atoms with Gasteiger partial charge in [-0.2, -0.15) is 0 Å². The van der Waals surface area contributed by atoms with Crippen molar-refractivity contribution in [2.24, 2.45) is 0 Å². The summed E-state index contributed by atoms with van der Waals surface area (Å²) >= 11 is 0. The van der Waals surface area contributed by atoms with E-state index in [-0.39, 0.29) is 7.43 Å². The molecule has 0 N–H and O–H groups in total. The number of aromatic nitrogens is 4. The van der Waals surface area contributed by atoms with Gasteiger partial charge < -0.3 is 12.0 Å². The van der Waals surface area contributed by atoms with Crippen molar-refractivity contribution in [1.29, 1.82) is 0 Å². The van der Waals surface area contributed by atoms with Crippen molar-refractivity contribution < 1.29 is 0 Å². The van der Waals surface area contributed by atoms with E-state index in [0.29, 0.717) is 17.5 Å². The lowest BCUT2D eigenvalue weighted by atomic mass is 9.93. The Bertz CT molecular complexity index is 2620. The molecule has 2 aromatic heterocycles. The number of hydrogen-bond donors (Lipinski definition) is 0. The molecule has 0 amide bonds. The normalized spacial score (nSPS) is 11.6. The van der Waals surface area contributed by atoms with Crippen LogP contribution in [0.1, 0.15) is 0 Å². The molecule has 0 spiro atoms. The van der Waals surface area contributed by atoms with Crippen LogP contribution in [0.4, 0.5) is 0 Å². The van der Waals surface area contributed by atoms with Crippen LogP contribution in [0.5, 0.6) is 0 Å². The van der Waals surface area contributed by atoms with Gasteiger partial charge in [0.2, 0.25) is 0 Å². The fourth-order valence-electron chi connectivity index (χ4n) is 7.37. The summed E-state index contributed by atoms with van der Waals surface area (Å²) in [7, 11) is 0. The zero-order chi connectivity index (χ0) is 30.9. The van der Waals surface area contributed by atoms with Crippen molar-refractivity contribution in [2.45, 2.75) is 0 Å². The summed E-state index contributed by atoms with van der Waals surface area (Å²) in [5.41, 5.74) is 11.2. The van der Waals surface area contributed by atoms with E-state index in [1.807, 2.05) is 60.7 Å². The highest BCUT2D eigenvalue weighted by molar-refractivity contribution is 6.30. The second kappa shape index (κ2) is 10.9. The van der Waals surface area contributed by atoms with Gasteiger partial charge in [-0.05, 0) is 57.3 Å². The summed E-state index contributed by atoms with van der Waals surface area (Å²) < 4.78 is 2.40. The van der Waals surface area contributed by atoms with Crippen LogP contribution in [-0.4, -0.2) is 19.5 Å². The van der Waals surface area contributed by atoms with Crippen LogP contribution >= 0.6 is 0 Å². The summed E-state index contributed by atoms with van der Waals surface area (Å²) in [5.74, 6) is 1.93. The van der Waals surface area contributed by atoms with E-state index < -0.39 is 0 Å². The Morgan fingerprint density at radius 3 is 1.50 bits per heavy atom. The van der Waals surface area contributed by atoms with Gasteiger partial charge >= 0.3 is 0 Å². The van der Waals surface area contributed by atoms with Crippen LogP contribution in [-0.2, 0) is 0 Å². The van der Waals surface area contributed by atoms with Gasteiger partial charge in [0.05, 0.1) is 16.7 Å². The molecule has 0 fully saturated rings. The number of para-hydroxylation sites is 1. The maximum atomic E-state index is 5.12. The van der Waals surface area contributed by atoms with Crippen LogP contribution in [0.25, 0.3) is 94.7 Å². The first kappa shape index (κ1) is 27.9. The van der Waals surface area contributed by atoms with E-state index in [4.69, 9.17) is 15.0 Å². The third kappa shape index (κ3) is 4.06. The van der Waals surface area contributed by atoms with Crippen molar-refractivity contribution in [1.82, 2.24) is 19.5 Å². The maximum Gasteiger partial charge on any atom is 0.166 e. The molecule has 0 aliphatic heterocycles. The Kier molecular flexibility index (Phi) is 6.31. The fourth-order valence-corrected chi connectivity index (χ4v) is 7.37. The minimum Gasteiger partial charge on any atom is -0.358 e. The van der Waals surface area contributed by atoms with Crippen LogP contribution in [0, 0.1) is 7.43 Å². The standard InChI is InChI=1S/C43H26N4.CH3/c1-3-13-28(14-4-1)41-44-42(29-15-5-2-6-16-29)46-43(45-41)34-20-9-10-23-35(34)47-36-24-12-22-33-31-19-8-7-18-30(31)32-21-11-17-27-25-26-37(47)40(38(27)32)39(33)36;/h1-26H;1H3/q;-1. The van der Waals surface area contributed by atoms with Gasteiger partial charge in [0, 0.05) is 27.5 Å². The monoisotopic (exact) mass is 613 g/mol. The van der Waals surface area contributed by atoms with Gasteiger partial charge in [-0.25, -0.2) is 15.0 Å². The van der Waals surface area contributed by atoms with Gasteiger partial charge in [-0.3, -0.25) is 0 Å². The minimum absolute atomic E-state index is 0. The molecule has 0 unspecified atom stereocenters. The highest BCUT2D eigenvalue weighted by atomic mass is 15.1. The second-order valence-corrected chi connectivity index (χ2v) is 12.0. The highest BCUT2D eigenvalue weighted by Crippen LogP contribution is 2.49. The smallest absolute Gasteiger partial charge is 0.166 e. The Morgan fingerprint density at radius 2 is 0.833 bits per heavy atom. The molecule has 0 saturated carbocycles. The molecule has 2 heterocycles. The highest BCUT2D eigenvalue weighted by Gasteiger charge is 2.25. The van der Waals surface area contributed by atoms with E-state index in [1.165, 1.54) is 43.8 Å². The molecule has 9 aromatic rings. The average Bonchev–Trinajstić information content (AvgIpc) is 3.43. The summed E-state index contributed by atoms with van der Waals surface area (Å²) in [6, 6.07) is 55.5. The predicted molar refractivity (Wildman–Crippen MR) is 199 cm³/mol. The zero-order valence-corrected chi connectivity index (χ0v) is 26.3. The third-order valence-electron chi connectivity index (χ3n) is 9.39. The Labute approximate surface area is 278 Å². The van der Waals surface area contributed by atoms with E-state index in [2.05, 4.69) is 102 Å². The lowest BCUT2D eigenvalue weighted by Gasteiger charge is -2.16. The molecular weight excluding hydrogens is 585 g/mol. The number of benzene rings is 7. The first-order valence-corrected chi connectivity index (χ1v) is 15.9. The van der Waals surface area contributed by atoms with E-state index in [9.17, 15) is 0 Å². The number of fused-ring (bicyclic) bond motifs is 3. The number of nitrogens with zero attached hydrogens (tertiary/aromatic N) is 4.